The minimum absolute atomic E-state index is 0.0129. The minimum atomic E-state index is -0.0129. The number of hydrogen-bond donors (Lipinski definition) is 0. The monoisotopic (exact) mass is 326 g/mol. The molecule has 2 heterocycles. The number of amides is 1. The first-order valence-electron chi connectivity index (χ1n) is 7.31. The summed E-state index contributed by atoms with van der Waals surface area (Å²) in [6, 6.07) is 11.6. The molecule has 1 aromatic carbocycles. The van der Waals surface area contributed by atoms with Crippen LogP contribution >= 0.6 is 11.3 Å². The maximum absolute atomic E-state index is 12.7. The van der Waals surface area contributed by atoms with Gasteiger partial charge in [-0.3, -0.25) is 9.78 Å². The molecule has 0 saturated heterocycles. The Balaban J connectivity index is 1.92. The Morgan fingerprint density at radius 1 is 1.30 bits per heavy atom. The molecule has 118 valence electrons. The van der Waals surface area contributed by atoms with Crippen LogP contribution in [0, 0.1) is 6.92 Å². The highest BCUT2D eigenvalue weighted by Crippen LogP contribution is 2.23. The van der Waals surface area contributed by atoms with Crippen molar-refractivity contribution in [3.8, 4) is 5.75 Å². The SMILES string of the molecule is COc1ccc2cc(C(=O)N(C)Cc3cccs3)c(C)nc2c1. The Morgan fingerprint density at radius 2 is 2.13 bits per heavy atom. The second kappa shape index (κ2) is 6.38. The van der Waals surface area contributed by atoms with Gasteiger partial charge in [0.25, 0.3) is 5.91 Å². The van der Waals surface area contributed by atoms with Crippen LogP contribution in [0.3, 0.4) is 0 Å². The number of aromatic nitrogens is 1. The van der Waals surface area contributed by atoms with Crippen molar-refractivity contribution in [1.82, 2.24) is 9.88 Å². The number of hydrogen-bond acceptors (Lipinski definition) is 4. The van der Waals surface area contributed by atoms with Gasteiger partial charge in [0, 0.05) is 23.4 Å². The predicted molar refractivity (Wildman–Crippen MR) is 93.1 cm³/mol. The Kier molecular flexibility index (Phi) is 4.30. The molecule has 0 fully saturated rings. The summed E-state index contributed by atoms with van der Waals surface area (Å²) in [5.41, 5.74) is 2.20. The highest BCUT2D eigenvalue weighted by molar-refractivity contribution is 7.09. The molecule has 0 aliphatic heterocycles. The first kappa shape index (κ1) is 15.5. The van der Waals surface area contributed by atoms with E-state index in [1.54, 1.807) is 23.3 Å². The molecule has 3 rings (SSSR count). The molecule has 4 nitrogen and oxygen atoms in total. The number of ether oxygens (including phenoxy) is 1. The summed E-state index contributed by atoms with van der Waals surface area (Å²) in [6.45, 7) is 2.47. The molecule has 0 bridgehead atoms. The zero-order chi connectivity index (χ0) is 16.4. The van der Waals surface area contributed by atoms with Gasteiger partial charge in [0.1, 0.15) is 5.75 Å². The second-order valence-electron chi connectivity index (χ2n) is 5.42. The van der Waals surface area contributed by atoms with Crippen LogP contribution in [0.4, 0.5) is 0 Å². The zero-order valence-electron chi connectivity index (χ0n) is 13.4. The summed E-state index contributed by atoms with van der Waals surface area (Å²) in [5, 5.41) is 2.95. The van der Waals surface area contributed by atoms with Crippen LogP contribution in [0.2, 0.25) is 0 Å². The van der Waals surface area contributed by atoms with E-state index >= 15 is 0 Å². The summed E-state index contributed by atoms with van der Waals surface area (Å²) < 4.78 is 5.22. The first-order chi connectivity index (χ1) is 11.1. The number of aryl methyl sites for hydroxylation is 1. The lowest BCUT2D eigenvalue weighted by Gasteiger charge is -2.17. The third-order valence-electron chi connectivity index (χ3n) is 3.77. The number of pyridine rings is 1. The van der Waals surface area contributed by atoms with E-state index in [1.807, 2.05) is 55.7 Å². The molecule has 0 aliphatic rings. The normalized spacial score (nSPS) is 10.7. The molecule has 0 spiro atoms. The number of nitrogens with zero attached hydrogens (tertiary/aromatic N) is 2. The van der Waals surface area contributed by atoms with Gasteiger partial charge < -0.3 is 9.64 Å². The Bertz CT molecular complexity index is 844. The average Bonchev–Trinajstić information content (AvgIpc) is 3.05. The van der Waals surface area contributed by atoms with Gasteiger partial charge in [0.15, 0.2) is 0 Å². The molecule has 0 unspecified atom stereocenters. The second-order valence-corrected chi connectivity index (χ2v) is 6.45. The van der Waals surface area contributed by atoms with Crippen molar-refractivity contribution in [1.29, 1.82) is 0 Å². The summed E-state index contributed by atoms with van der Waals surface area (Å²) in [4.78, 5) is 20.2. The van der Waals surface area contributed by atoms with Crippen LogP contribution < -0.4 is 4.74 Å². The zero-order valence-corrected chi connectivity index (χ0v) is 14.2. The van der Waals surface area contributed by atoms with Crippen molar-refractivity contribution in [2.75, 3.05) is 14.2 Å². The Morgan fingerprint density at radius 3 is 2.83 bits per heavy atom. The van der Waals surface area contributed by atoms with Gasteiger partial charge >= 0.3 is 0 Å². The predicted octanol–water partition coefficient (Wildman–Crippen LogP) is 3.89. The smallest absolute Gasteiger partial charge is 0.255 e. The third-order valence-corrected chi connectivity index (χ3v) is 4.63. The highest BCUT2D eigenvalue weighted by Gasteiger charge is 2.16. The average molecular weight is 326 g/mol. The van der Waals surface area contributed by atoms with E-state index in [2.05, 4.69) is 4.98 Å². The van der Waals surface area contributed by atoms with Crippen molar-refractivity contribution in [2.45, 2.75) is 13.5 Å². The molecule has 0 atom stereocenters. The largest absolute Gasteiger partial charge is 0.497 e. The van der Waals surface area contributed by atoms with Crippen molar-refractivity contribution in [2.24, 2.45) is 0 Å². The molecule has 3 aromatic rings. The van der Waals surface area contributed by atoms with Crippen LogP contribution in [0.15, 0.2) is 41.8 Å². The number of fused-ring (bicyclic) bond motifs is 1. The van der Waals surface area contributed by atoms with E-state index in [1.165, 1.54) is 0 Å². The lowest BCUT2D eigenvalue weighted by molar-refractivity contribution is 0.0785. The molecule has 0 N–H and O–H groups in total. The van der Waals surface area contributed by atoms with Gasteiger partial charge in [-0.2, -0.15) is 0 Å². The number of benzene rings is 1. The number of methoxy groups -OCH3 is 1. The van der Waals surface area contributed by atoms with Gasteiger partial charge in [-0.15, -0.1) is 11.3 Å². The summed E-state index contributed by atoms with van der Waals surface area (Å²) in [6.07, 6.45) is 0. The fourth-order valence-corrected chi connectivity index (χ4v) is 3.26. The Labute approximate surface area is 139 Å². The van der Waals surface area contributed by atoms with Gasteiger partial charge in [0.05, 0.1) is 30.4 Å². The molecule has 0 aliphatic carbocycles. The highest BCUT2D eigenvalue weighted by atomic mass is 32.1. The number of rotatable bonds is 4. The van der Waals surface area contributed by atoms with Gasteiger partial charge in [0.2, 0.25) is 0 Å². The molecule has 0 radical (unpaired) electrons. The molecular weight excluding hydrogens is 308 g/mol. The maximum Gasteiger partial charge on any atom is 0.255 e. The minimum Gasteiger partial charge on any atom is -0.497 e. The molecule has 23 heavy (non-hydrogen) atoms. The van der Waals surface area contributed by atoms with E-state index in [-0.39, 0.29) is 5.91 Å². The van der Waals surface area contributed by atoms with E-state index in [9.17, 15) is 4.79 Å². The van der Waals surface area contributed by atoms with Crippen molar-refractivity contribution >= 4 is 28.1 Å². The lowest BCUT2D eigenvalue weighted by atomic mass is 10.1. The summed E-state index contributed by atoms with van der Waals surface area (Å²) >= 11 is 1.65. The van der Waals surface area contributed by atoms with E-state index in [0.29, 0.717) is 12.1 Å². The molecule has 1 amide bonds. The van der Waals surface area contributed by atoms with Gasteiger partial charge in [-0.1, -0.05) is 6.07 Å². The van der Waals surface area contributed by atoms with Crippen LogP contribution in [0.5, 0.6) is 5.75 Å². The summed E-state index contributed by atoms with van der Waals surface area (Å²) in [7, 11) is 3.45. The Hall–Kier alpha value is -2.40. The number of thiophene rings is 1. The van der Waals surface area contributed by atoms with Crippen molar-refractivity contribution in [3.05, 3.63) is 57.9 Å². The lowest BCUT2D eigenvalue weighted by Crippen LogP contribution is -2.26. The number of carbonyl (C=O) groups excluding carboxylic acids is 1. The van der Waals surface area contributed by atoms with Gasteiger partial charge in [-0.05, 0) is 36.6 Å². The molecule has 5 heteroatoms. The fourth-order valence-electron chi connectivity index (χ4n) is 2.50. The van der Waals surface area contributed by atoms with Crippen LogP contribution in [-0.2, 0) is 6.54 Å². The van der Waals surface area contributed by atoms with E-state index in [0.717, 1.165) is 27.2 Å². The first-order valence-corrected chi connectivity index (χ1v) is 8.19. The van der Waals surface area contributed by atoms with E-state index in [4.69, 9.17) is 4.74 Å². The maximum atomic E-state index is 12.7. The van der Waals surface area contributed by atoms with Crippen LogP contribution in [0.1, 0.15) is 20.9 Å². The standard InChI is InChI=1S/C18H18N2O2S/c1-12-16(18(21)20(2)11-15-5-4-8-23-15)9-13-6-7-14(22-3)10-17(13)19-12/h4-10H,11H2,1-3H3. The number of carbonyl (C=O) groups is 1. The molecular formula is C18H18N2O2S. The topological polar surface area (TPSA) is 42.4 Å². The third kappa shape index (κ3) is 3.19. The van der Waals surface area contributed by atoms with Crippen LogP contribution in [-0.4, -0.2) is 29.9 Å². The quantitative estimate of drug-likeness (QED) is 0.730. The molecule has 0 saturated carbocycles. The van der Waals surface area contributed by atoms with Crippen molar-refractivity contribution in [3.63, 3.8) is 0 Å². The van der Waals surface area contributed by atoms with Crippen molar-refractivity contribution < 1.29 is 9.53 Å². The molecule has 2 aromatic heterocycles. The fraction of sp³-hybridized carbons (Fsp3) is 0.222. The van der Waals surface area contributed by atoms with Gasteiger partial charge in [-0.25, -0.2) is 0 Å². The summed E-state index contributed by atoms with van der Waals surface area (Å²) in [5.74, 6) is 0.749. The van der Waals surface area contributed by atoms with Crippen LogP contribution in [0.25, 0.3) is 10.9 Å². The van der Waals surface area contributed by atoms with E-state index < -0.39 is 0 Å².